The zero-order valence-electron chi connectivity index (χ0n) is 6.72. The molecule has 0 aliphatic heterocycles. The fourth-order valence-corrected chi connectivity index (χ4v) is 1.43. The number of primary amides is 1. The molecule has 1 amide bonds. The molecule has 1 rings (SSSR count). The first-order valence-electron chi connectivity index (χ1n) is 3.69. The quantitative estimate of drug-likeness (QED) is 0.822. The molecule has 12 heavy (non-hydrogen) atoms. The zero-order valence-corrected chi connectivity index (χ0v) is 8.31. The van der Waals surface area contributed by atoms with Crippen molar-refractivity contribution in [3.05, 3.63) is 16.1 Å². The Labute approximate surface area is 78.7 Å². The third-order valence-corrected chi connectivity index (χ3v) is 1.86. The Bertz CT molecular complexity index is 295. The number of carbonyl (C=O) groups is 1. The number of aromatic amines is 1. The standard InChI is InChI=1S/C7H10BrN3O/c1-2-3-4-5(6(9)12)11-7(8)10-4/h2-3H2,1H3,(H2,9,12)(H,10,11). The molecule has 0 unspecified atom stereocenters. The van der Waals surface area contributed by atoms with E-state index in [1.54, 1.807) is 0 Å². The molecule has 0 aromatic carbocycles. The van der Waals surface area contributed by atoms with Gasteiger partial charge < -0.3 is 10.7 Å². The van der Waals surface area contributed by atoms with Crippen molar-refractivity contribution in [3.8, 4) is 0 Å². The number of hydrogen-bond donors (Lipinski definition) is 2. The van der Waals surface area contributed by atoms with Gasteiger partial charge in [0.2, 0.25) is 0 Å². The molecule has 1 heterocycles. The Balaban J connectivity index is 2.99. The van der Waals surface area contributed by atoms with Crippen molar-refractivity contribution in [1.82, 2.24) is 9.97 Å². The van der Waals surface area contributed by atoms with Crippen LogP contribution in [0, 0.1) is 0 Å². The highest BCUT2D eigenvalue weighted by atomic mass is 79.9. The lowest BCUT2D eigenvalue weighted by Crippen LogP contribution is -2.13. The summed E-state index contributed by atoms with van der Waals surface area (Å²) < 4.78 is 0.555. The molecule has 0 aliphatic carbocycles. The van der Waals surface area contributed by atoms with Gasteiger partial charge in [-0.25, -0.2) is 4.98 Å². The number of carbonyl (C=O) groups excluding carboxylic acids is 1. The third-order valence-electron chi connectivity index (χ3n) is 1.48. The van der Waals surface area contributed by atoms with Gasteiger partial charge in [0.15, 0.2) is 4.73 Å². The van der Waals surface area contributed by atoms with E-state index < -0.39 is 5.91 Å². The predicted molar refractivity (Wildman–Crippen MR) is 48.8 cm³/mol. The van der Waals surface area contributed by atoms with E-state index in [9.17, 15) is 4.79 Å². The Kier molecular flexibility index (Phi) is 2.86. The molecule has 0 radical (unpaired) electrons. The Morgan fingerprint density at radius 1 is 1.75 bits per heavy atom. The van der Waals surface area contributed by atoms with Crippen molar-refractivity contribution in [2.45, 2.75) is 19.8 Å². The van der Waals surface area contributed by atoms with E-state index in [-0.39, 0.29) is 0 Å². The molecule has 4 nitrogen and oxygen atoms in total. The Hall–Kier alpha value is -0.840. The monoisotopic (exact) mass is 231 g/mol. The first-order valence-corrected chi connectivity index (χ1v) is 4.48. The van der Waals surface area contributed by atoms with Crippen LogP contribution < -0.4 is 5.73 Å². The molecule has 3 N–H and O–H groups in total. The number of imidazole rings is 1. The fraction of sp³-hybridized carbons (Fsp3) is 0.429. The summed E-state index contributed by atoms with van der Waals surface area (Å²) in [5.74, 6) is -0.486. The number of hydrogen-bond acceptors (Lipinski definition) is 2. The Morgan fingerprint density at radius 3 is 2.92 bits per heavy atom. The van der Waals surface area contributed by atoms with E-state index >= 15 is 0 Å². The van der Waals surface area contributed by atoms with Gasteiger partial charge in [-0.1, -0.05) is 13.3 Å². The smallest absolute Gasteiger partial charge is 0.269 e. The lowest BCUT2D eigenvalue weighted by atomic mass is 10.2. The van der Waals surface area contributed by atoms with Crippen molar-refractivity contribution >= 4 is 21.8 Å². The van der Waals surface area contributed by atoms with Gasteiger partial charge in [-0.3, -0.25) is 4.79 Å². The number of aromatic nitrogens is 2. The number of nitrogens with one attached hydrogen (secondary N) is 1. The van der Waals surface area contributed by atoms with Gasteiger partial charge in [-0.05, 0) is 22.4 Å². The van der Waals surface area contributed by atoms with E-state index in [0.29, 0.717) is 10.4 Å². The van der Waals surface area contributed by atoms with Gasteiger partial charge in [-0.2, -0.15) is 0 Å². The summed E-state index contributed by atoms with van der Waals surface area (Å²) in [5, 5.41) is 0. The zero-order chi connectivity index (χ0) is 9.14. The largest absolute Gasteiger partial charge is 0.364 e. The number of H-pyrrole nitrogens is 1. The third kappa shape index (κ3) is 1.85. The topological polar surface area (TPSA) is 71.8 Å². The second-order valence-corrected chi connectivity index (χ2v) is 3.22. The van der Waals surface area contributed by atoms with Crippen LogP contribution in [0.4, 0.5) is 0 Å². The first kappa shape index (κ1) is 9.25. The van der Waals surface area contributed by atoms with Gasteiger partial charge in [0, 0.05) is 5.69 Å². The summed E-state index contributed by atoms with van der Waals surface area (Å²) in [5.41, 5.74) is 6.26. The van der Waals surface area contributed by atoms with E-state index in [0.717, 1.165) is 18.5 Å². The molecule has 0 spiro atoms. The molecule has 66 valence electrons. The van der Waals surface area contributed by atoms with Crippen molar-refractivity contribution in [3.63, 3.8) is 0 Å². The van der Waals surface area contributed by atoms with Gasteiger partial charge in [0.1, 0.15) is 5.69 Å². The van der Waals surface area contributed by atoms with E-state index in [2.05, 4.69) is 25.9 Å². The van der Waals surface area contributed by atoms with E-state index in [1.807, 2.05) is 6.92 Å². The lowest BCUT2D eigenvalue weighted by molar-refractivity contribution is 0.0995. The second-order valence-electron chi connectivity index (χ2n) is 2.47. The molecule has 0 saturated heterocycles. The van der Waals surface area contributed by atoms with Gasteiger partial charge >= 0.3 is 0 Å². The predicted octanol–water partition coefficient (Wildman–Crippen LogP) is 1.22. The van der Waals surface area contributed by atoms with E-state index in [4.69, 9.17) is 5.73 Å². The van der Waals surface area contributed by atoms with Crippen molar-refractivity contribution < 1.29 is 4.79 Å². The summed E-state index contributed by atoms with van der Waals surface area (Å²) in [6.07, 6.45) is 1.74. The van der Waals surface area contributed by atoms with Crippen LogP contribution in [0.25, 0.3) is 0 Å². The minimum absolute atomic E-state index is 0.337. The van der Waals surface area contributed by atoms with Gasteiger partial charge in [0.25, 0.3) is 5.91 Å². The normalized spacial score (nSPS) is 10.2. The molecule has 0 fully saturated rings. The minimum atomic E-state index is -0.486. The summed E-state index contributed by atoms with van der Waals surface area (Å²) in [6.45, 7) is 2.03. The van der Waals surface area contributed by atoms with Crippen LogP contribution in [-0.2, 0) is 6.42 Å². The average Bonchev–Trinajstić information content (AvgIpc) is 2.32. The highest BCUT2D eigenvalue weighted by Crippen LogP contribution is 2.11. The number of aryl methyl sites for hydroxylation is 1. The minimum Gasteiger partial charge on any atom is -0.364 e. The van der Waals surface area contributed by atoms with Gasteiger partial charge in [0.05, 0.1) is 0 Å². The molecule has 0 atom stereocenters. The Morgan fingerprint density at radius 2 is 2.42 bits per heavy atom. The number of halogens is 1. The van der Waals surface area contributed by atoms with Crippen LogP contribution in [0.3, 0.4) is 0 Å². The van der Waals surface area contributed by atoms with Crippen LogP contribution in [0.1, 0.15) is 29.5 Å². The second kappa shape index (κ2) is 3.71. The maximum absolute atomic E-state index is 10.8. The summed E-state index contributed by atoms with van der Waals surface area (Å²) in [7, 11) is 0. The molecule has 0 saturated carbocycles. The van der Waals surface area contributed by atoms with E-state index in [1.165, 1.54) is 0 Å². The van der Waals surface area contributed by atoms with Crippen LogP contribution in [0.2, 0.25) is 0 Å². The lowest BCUT2D eigenvalue weighted by Gasteiger charge is -1.94. The van der Waals surface area contributed by atoms with Crippen LogP contribution in [-0.4, -0.2) is 15.9 Å². The number of nitrogens with zero attached hydrogens (tertiary/aromatic N) is 1. The number of rotatable bonds is 3. The molecular formula is C7H10BrN3O. The first-order chi connectivity index (χ1) is 5.65. The molecular weight excluding hydrogens is 222 g/mol. The van der Waals surface area contributed by atoms with Crippen molar-refractivity contribution in [2.24, 2.45) is 5.73 Å². The summed E-state index contributed by atoms with van der Waals surface area (Å²) in [6, 6.07) is 0. The number of nitrogens with two attached hydrogens (primary N) is 1. The highest BCUT2D eigenvalue weighted by Gasteiger charge is 2.12. The van der Waals surface area contributed by atoms with Crippen LogP contribution in [0.15, 0.2) is 4.73 Å². The molecule has 5 heteroatoms. The molecule has 1 aromatic heterocycles. The van der Waals surface area contributed by atoms with Crippen LogP contribution in [0.5, 0.6) is 0 Å². The number of amides is 1. The van der Waals surface area contributed by atoms with Crippen molar-refractivity contribution in [1.29, 1.82) is 0 Å². The molecule has 0 bridgehead atoms. The highest BCUT2D eigenvalue weighted by molar-refractivity contribution is 9.10. The summed E-state index contributed by atoms with van der Waals surface area (Å²) in [4.78, 5) is 17.7. The van der Waals surface area contributed by atoms with Crippen LogP contribution >= 0.6 is 15.9 Å². The van der Waals surface area contributed by atoms with Crippen molar-refractivity contribution in [2.75, 3.05) is 0 Å². The average molecular weight is 232 g/mol. The van der Waals surface area contributed by atoms with Gasteiger partial charge in [-0.15, -0.1) is 0 Å². The molecule has 0 aliphatic rings. The maximum atomic E-state index is 10.8. The maximum Gasteiger partial charge on any atom is 0.269 e. The molecule has 1 aromatic rings. The fourth-order valence-electron chi connectivity index (χ4n) is 1.01. The SMILES string of the molecule is CCCc1[nH]c(Br)nc1C(N)=O. The summed E-state index contributed by atoms with van der Waals surface area (Å²) >= 11 is 3.15.